The number of aryl methyl sites for hydroxylation is 1. The van der Waals surface area contributed by atoms with Crippen LogP contribution in [0.25, 0.3) is 0 Å². The number of hydrogen-bond acceptors (Lipinski definition) is 3. The highest BCUT2D eigenvalue weighted by Gasteiger charge is 2.05. The molecule has 3 N–H and O–H groups in total. The van der Waals surface area contributed by atoms with E-state index in [4.69, 9.17) is 5.84 Å². The largest absolute Gasteiger partial charge is 0.271 e. The lowest BCUT2D eigenvalue weighted by atomic mass is 10.2. The van der Waals surface area contributed by atoms with E-state index in [2.05, 4.69) is 30.7 Å². The smallest absolute Gasteiger partial charge is 0.0527 e. The minimum Gasteiger partial charge on any atom is -0.271 e. The molecule has 0 radical (unpaired) electrons. The lowest BCUT2D eigenvalue weighted by Crippen LogP contribution is -2.25. The normalized spacial score (nSPS) is 13.5. The van der Waals surface area contributed by atoms with Crippen molar-refractivity contribution >= 4 is 11.3 Å². The first kappa shape index (κ1) is 7.72. The van der Waals surface area contributed by atoms with Gasteiger partial charge in [0.2, 0.25) is 0 Å². The second kappa shape index (κ2) is 3.14. The van der Waals surface area contributed by atoms with Crippen molar-refractivity contribution in [3.8, 4) is 0 Å². The van der Waals surface area contributed by atoms with Gasteiger partial charge in [0.1, 0.15) is 0 Å². The molecule has 0 amide bonds. The first-order valence-electron chi connectivity index (χ1n) is 3.26. The monoisotopic (exact) mass is 156 g/mol. The van der Waals surface area contributed by atoms with Gasteiger partial charge in [-0.05, 0) is 30.9 Å². The van der Waals surface area contributed by atoms with Crippen LogP contribution in [0.2, 0.25) is 0 Å². The van der Waals surface area contributed by atoms with E-state index in [1.807, 2.05) is 0 Å². The average molecular weight is 156 g/mol. The van der Waals surface area contributed by atoms with Crippen LogP contribution >= 0.6 is 11.3 Å². The second-order valence-electron chi connectivity index (χ2n) is 2.36. The molecular weight excluding hydrogens is 144 g/mol. The van der Waals surface area contributed by atoms with Gasteiger partial charge in [-0.1, -0.05) is 0 Å². The molecule has 0 aromatic carbocycles. The van der Waals surface area contributed by atoms with Gasteiger partial charge in [0, 0.05) is 4.88 Å². The van der Waals surface area contributed by atoms with E-state index in [0.717, 1.165) is 0 Å². The highest BCUT2D eigenvalue weighted by Crippen LogP contribution is 2.22. The van der Waals surface area contributed by atoms with Gasteiger partial charge in [-0.3, -0.25) is 11.3 Å². The Labute approximate surface area is 65.0 Å². The topological polar surface area (TPSA) is 38.0 Å². The van der Waals surface area contributed by atoms with Crippen LogP contribution in [0, 0.1) is 6.92 Å². The molecule has 1 rings (SSSR count). The summed E-state index contributed by atoms with van der Waals surface area (Å²) < 4.78 is 0. The van der Waals surface area contributed by atoms with Gasteiger partial charge < -0.3 is 0 Å². The quantitative estimate of drug-likeness (QED) is 0.504. The van der Waals surface area contributed by atoms with Crippen LogP contribution in [0.5, 0.6) is 0 Å². The van der Waals surface area contributed by atoms with Gasteiger partial charge in [-0.2, -0.15) is 0 Å². The fourth-order valence-electron chi connectivity index (χ4n) is 0.904. The molecule has 3 heteroatoms. The van der Waals surface area contributed by atoms with E-state index in [1.54, 1.807) is 11.3 Å². The van der Waals surface area contributed by atoms with E-state index < -0.39 is 0 Å². The minimum atomic E-state index is 0.278. The SMILES string of the molecule is Cc1ccsc1[C@H](C)NN. The Balaban J connectivity index is 2.82. The zero-order chi connectivity index (χ0) is 7.56. The average Bonchev–Trinajstić information content (AvgIpc) is 2.34. The molecule has 0 aliphatic heterocycles. The van der Waals surface area contributed by atoms with Crippen molar-refractivity contribution < 1.29 is 0 Å². The molecule has 56 valence electrons. The first-order chi connectivity index (χ1) is 4.75. The highest BCUT2D eigenvalue weighted by molar-refractivity contribution is 7.10. The van der Waals surface area contributed by atoms with E-state index in [0.29, 0.717) is 0 Å². The maximum Gasteiger partial charge on any atom is 0.0527 e. The highest BCUT2D eigenvalue weighted by atomic mass is 32.1. The zero-order valence-corrected chi connectivity index (χ0v) is 7.03. The third-order valence-corrected chi connectivity index (χ3v) is 2.75. The van der Waals surface area contributed by atoms with Gasteiger partial charge in [-0.15, -0.1) is 11.3 Å². The molecule has 1 heterocycles. The molecule has 0 bridgehead atoms. The number of nitrogens with one attached hydrogen (secondary N) is 1. The van der Waals surface area contributed by atoms with Crippen LogP contribution in [0.4, 0.5) is 0 Å². The maximum atomic E-state index is 5.29. The standard InChI is InChI=1S/C7H12N2S/c1-5-3-4-10-7(5)6(2)9-8/h3-4,6,9H,8H2,1-2H3/t6-/m0/s1. The number of hydrogen-bond donors (Lipinski definition) is 2. The molecule has 0 fully saturated rings. The van der Waals surface area contributed by atoms with Crippen LogP contribution in [-0.2, 0) is 0 Å². The Bertz CT molecular complexity index is 207. The molecule has 2 nitrogen and oxygen atoms in total. The van der Waals surface area contributed by atoms with Crippen LogP contribution < -0.4 is 11.3 Å². The van der Waals surface area contributed by atoms with E-state index in [-0.39, 0.29) is 6.04 Å². The molecule has 0 spiro atoms. The fraction of sp³-hybridized carbons (Fsp3) is 0.429. The summed E-state index contributed by atoms with van der Waals surface area (Å²) in [6, 6.07) is 2.38. The lowest BCUT2D eigenvalue weighted by molar-refractivity contribution is 0.609. The number of hydrazine groups is 1. The summed E-state index contributed by atoms with van der Waals surface area (Å²) in [5, 5.41) is 2.08. The molecule has 1 aromatic heterocycles. The van der Waals surface area contributed by atoms with Crippen molar-refractivity contribution in [3.05, 3.63) is 21.9 Å². The van der Waals surface area contributed by atoms with Gasteiger partial charge in [-0.25, -0.2) is 0 Å². The van der Waals surface area contributed by atoms with Crippen LogP contribution in [0.3, 0.4) is 0 Å². The summed E-state index contributed by atoms with van der Waals surface area (Å²) in [7, 11) is 0. The maximum absolute atomic E-state index is 5.29. The Hall–Kier alpha value is -0.380. The fourth-order valence-corrected chi connectivity index (χ4v) is 1.85. The first-order valence-corrected chi connectivity index (χ1v) is 4.13. The van der Waals surface area contributed by atoms with Crippen LogP contribution in [-0.4, -0.2) is 0 Å². The Morgan fingerprint density at radius 1 is 1.70 bits per heavy atom. The number of nitrogens with two attached hydrogens (primary N) is 1. The molecule has 10 heavy (non-hydrogen) atoms. The lowest BCUT2D eigenvalue weighted by Gasteiger charge is -2.07. The Morgan fingerprint density at radius 2 is 2.40 bits per heavy atom. The van der Waals surface area contributed by atoms with E-state index >= 15 is 0 Å². The molecule has 0 unspecified atom stereocenters. The summed E-state index contributed by atoms with van der Waals surface area (Å²) in [6.45, 7) is 4.15. The summed E-state index contributed by atoms with van der Waals surface area (Å²) in [5.41, 5.74) is 4.03. The number of rotatable bonds is 2. The van der Waals surface area contributed by atoms with Crippen molar-refractivity contribution in [1.29, 1.82) is 0 Å². The van der Waals surface area contributed by atoms with Crippen LogP contribution in [0.1, 0.15) is 23.4 Å². The van der Waals surface area contributed by atoms with Crippen LogP contribution in [0.15, 0.2) is 11.4 Å². The zero-order valence-electron chi connectivity index (χ0n) is 6.22. The van der Waals surface area contributed by atoms with Crippen molar-refractivity contribution in [2.24, 2.45) is 5.84 Å². The third kappa shape index (κ3) is 1.37. The van der Waals surface area contributed by atoms with Gasteiger partial charge in [0.05, 0.1) is 6.04 Å². The van der Waals surface area contributed by atoms with E-state index in [9.17, 15) is 0 Å². The molecule has 0 aliphatic rings. The summed E-state index contributed by atoms with van der Waals surface area (Å²) >= 11 is 1.74. The molecule has 1 aromatic rings. The van der Waals surface area contributed by atoms with E-state index in [1.165, 1.54) is 10.4 Å². The predicted octanol–water partition coefficient (Wildman–Crippen LogP) is 1.58. The van der Waals surface area contributed by atoms with Gasteiger partial charge >= 0.3 is 0 Å². The van der Waals surface area contributed by atoms with Crippen molar-refractivity contribution in [2.75, 3.05) is 0 Å². The molecule has 0 saturated carbocycles. The third-order valence-electron chi connectivity index (χ3n) is 1.54. The number of thiophene rings is 1. The molecular formula is C7H12N2S. The van der Waals surface area contributed by atoms with Gasteiger partial charge in [0.25, 0.3) is 0 Å². The summed E-state index contributed by atoms with van der Waals surface area (Å²) in [6.07, 6.45) is 0. The minimum absolute atomic E-state index is 0.278. The van der Waals surface area contributed by atoms with Gasteiger partial charge in [0.15, 0.2) is 0 Å². The Morgan fingerprint density at radius 3 is 2.80 bits per heavy atom. The predicted molar refractivity (Wildman–Crippen MR) is 44.8 cm³/mol. The Kier molecular flexibility index (Phi) is 2.43. The van der Waals surface area contributed by atoms with Crippen molar-refractivity contribution in [1.82, 2.24) is 5.43 Å². The molecule has 0 saturated heterocycles. The summed E-state index contributed by atoms with van der Waals surface area (Å²) in [4.78, 5) is 1.32. The second-order valence-corrected chi connectivity index (χ2v) is 3.30. The molecule has 0 aliphatic carbocycles. The van der Waals surface area contributed by atoms with Crippen molar-refractivity contribution in [2.45, 2.75) is 19.9 Å². The van der Waals surface area contributed by atoms with Crippen molar-refractivity contribution in [3.63, 3.8) is 0 Å². The summed E-state index contributed by atoms with van der Waals surface area (Å²) in [5.74, 6) is 5.29. The molecule has 1 atom stereocenters.